The number of rotatable bonds is 15. The van der Waals surface area contributed by atoms with Gasteiger partial charge >= 0.3 is 5.97 Å². The molecular weight excluding hydrogens is 674 g/mol. The first kappa shape index (κ1) is 43.2. The molecule has 2 saturated heterocycles. The lowest BCUT2D eigenvalue weighted by molar-refractivity contribution is -0.142. The molecule has 2 fully saturated rings. The second-order valence-electron chi connectivity index (χ2n) is 13.5. The van der Waals surface area contributed by atoms with Gasteiger partial charge in [-0.3, -0.25) is 14.4 Å². The van der Waals surface area contributed by atoms with Crippen molar-refractivity contribution in [2.45, 2.75) is 103 Å². The van der Waals surface area contributed by atoms with Crippen LogP contribution in [-0.2, 0) is 48.4 Å². The highest BCUT2D eigenvalue weighted by Crippen LogP contribution is 2.14. The number of hydrogen-bond acceptors (Lipinski definition) is 9. The number of ether oxygens (including phenoxy) is 3. The van der Waals surface area contributed by atoms with E-state index >= 15 is 0 Å². The number of carbonyl (C=O) groups is 3. The lowest BCUT2D eigenvalue weighted by Crippen LogP contribution is -2.49. The predicted octanol–water partition coefficient (Wildman–Crippen LogP) is 4.09. The zero-order chi connectivity index (χ0) is 38.6. The maximum Gasteiger partial charge on any atom is 0.323 e. The fraction of sp³-hybridized carbons (Fsp3) is 0.488. The summed E-state index contributed by atoms with van der Waals surface area (Å²) < 4.78 is 16.7. The third-order valence-corrected chi connectivity index (χ3v) is 9.28. The first-order valence-corrected chi connectivity index (χ1v) is 18.5. The molecule has 2 heterocycles. The summed E-state index contributed by atoms with van der Waals surface area (Å²) in [6.45, 7) is 10.1. The molecule has 12 nitrogen and oxygen atoms in total. The fourth-order valence-corrected chi connectivity index (χ4v) is 5.62. The number of likely N-dealkylation sites (tertiary alicyclic amines) is 2. The van der Waals surface area contributed by atoms with Crippen molar-refractivity contribution in [3.63, 3.8) is 0 Å². The van der Waals surface area contributed by atoms with E-state index in [9.17, 15) is 14.4 Å². The van der Waals surface area contributed by atoms with Crippen LogP contribution in [0.1, 0.15) is 63.1 Å². The SMILES string of the molecule is C[C@@H](OCc1ccccc1)[C@H](N)C(=O)N1CCCC1.C[C@@H](OCc1ccccc1)[C@H](N)C(=O)N1CCCC1.C[C@@H](OCc1ccccc1)[C@H](N)C(=O)O. The number of hydrogen-bond donors (Lipinski definition) is 4. The van der Waals surface area contributed by atoms with Gasteiger partial charge in [0.05, 0.1) is 38.1 Å². The zero-order valence-electron chi connectivity index (χ0n) is 31.4. The lowest BCUT2D eigenvalue weighted by atomic mass is 10.1. The van der Waals surface area contributed by atoms with Crippen LogP contribution in [0.25, 0.3) is 0 Å². The van der Waals surface area contributed by atoms with Crippen LogP contribution in [0.15, 0.2) is 91.0 Å². The molecule has 2 aliphatic rings. The monoisotopic (exact) mass is 733 g/mol. The average Bonchev–Trinajstić information content (AvgIpc) is 3.94. The van der Waals surface area contributed by atoms with Crippen molar-refractivity contribution >= 4 is 17.8 Å². The molecule has 2 aliphatic heterocycles. The second-order valence-corrected chi connectivity index (χ2v) is 13.5. The summed E-state index contributed by atoms with van der Waals surface area (Å²) in [5.74, 6) is -1.02. The molecule has 6 atom stereocenters. The minimum atomic E-state index is -1.05. The van der Waals surface area contributed by atoms with Crippen LogP contribution in [0.5, 0.6) is 0 Å². The molecule has 0 spiro atoms. The summed E-state index contributed by atoms with van der Waals surface area (Å²) in [6, 6.07) is 27.3. The molecule has 3 aromatic rings. The molecule has 12 heteroatoms. The smallest absolute Gasteiger partial charge is 0.323 e. The molecule has 5 rings (SSSR count). The zero-order valence-corrected chi connectivity index (χ0v) is 31.4. The van der Waals surface area contributed by atoms with Crippen molar-refractivity contribution in [2.75, 3.05) is 26.2 Å². The molecule has 0 saturated carbocycles. The Morgan fingerprint density at radius 3 is 1.06 bits per heavy atom. The van der Waals surface area contributed by atoms with Crippen molar-refractivity contribution in [1.29, 1.82) is 0 Å². The largest absolute Gasteiger partial charge is 0.480 e. The van der Waals surface area contributed by atoms with Crippen LogP contribution >= 0.6 is 0 Å². The molecule has 2 amide bonds. The maximum absolute atomic E-state index is 12.1. The Balaban J connectivity index is 0.000000216. The molecule has 0 radical (unpaired) electrons. The first-order chi connectivity index (χ1) is 25.5. The number of carboxylic acid groups (broad SMARTS) is 1. The topological polar surface area (TPSA) is 184 Å². The number of nitrogens with two attached hydrogens (primary N) is 3. The Morgan fingerprint density at radius 1 is 0.528 bits per heavy atom. The highest BCUT2D eigenvalue weighted by molar-refractivity contribution is 5.83. The fourth-order valence-electron chi connectivity index (χ4n) is 5.62. The molecule has 3 aromatic carbocycles. The van der Waals surface area contributed by atoms with Gasteiger partial charge in [-0.15, -0.1) is 0 Å². The van der Waals surface area contributed by atoms with Gasteiger partial charge in [-0.2, -0.15) is 0 Å². The van der Waals surface area contributed by atoms with Gasteiger partial charge in [0.25, 0.3) is 0 Å². The highest BCUT2D eigenvalue weighted by Gasteiger charge is 2.29. The van der Waals surface area contributed by atoms with Crippen molar-refractivity contribution in [2.24, 2.45) is 17.2 Å². The van der Waals surface area contributed by atoms with E-state index in [1.165, 1.54) is 0 Å². The minimum absolute atomic E-state index is 0.0121. The highest BCUT2D eigenvalue weighted by atomic mass is 16.5. The van der Waals surface area contributed by atoms with E-state index in [2.05, 4.69) is 0 Å². The van der Waals surface area contributed by atoms with E-state index in [0.717, 1.165) is 68.6 Å². The van der Waals surface area contributed by atoms with E-state index in [0.29, 0.717) is 19.8 Å². The van der Waals surface area contributed by atoms with Crippen molar-refractivity contribution in [3.05, 3.63) is 108 Å². The summed E-state index contributed by atoms with van der Waals surface area (Å²) in [5.41, 5.74) is 20.6. The quantitative estimate of drug-likeness (QED) is 0.178. The Kier molecular flexibility index (Phi) is 19.2. The summed E-state index contributed by atoms with van der Waals surface area (Å²) >= 11 is 0. The maximum atomic E-state index is 12.1. The number of benzene rings is 3. The van der Waals surface area contributed by atoms with Crippen molar-refractivity contribution in [1.82, 2.24) is 9.80 Å². The normalized spacial score (nSPS) is 17.2. The molecule has 0 unspecified atom stereocenters. The number of nitrogens with zero attached hydrogens (tertiary/aromatic N) is 2. The number of carbonyl (C=O) groups excluding carboxylic acids is 2. The van der Waals surface area contributed by atoms with Gasteiger partial charge in [0, 0.05) is 26.2 Å². The molecule has 7 N–H and O–H groups in total. The van der Waals surface area contributed by atoms with Gasteiger partial charge in [0.1, 0.15) is 18.1 Å². The van der Waals surface area contributed by atoms with E-state index in [1.807, 2.05) is 115 Å². The Morgan fingerprint density at radius 2 is 0.792 bits per heavy atom. The van der Waals surface area contributed by atoms with Crippen molar-refractivity contribution < 1.29 is 33.7 Å². The molecule has 290 valence electrons. The summed E-state index contributed by atoms with van der Waals surface area (Å²) in [7, 11) is 0. The number of aliphatic carboxylic acids is 1. The third-order valence-electron chi connectivity index (χ3n) is 9.28. The Labute approximate surface area is 314 Å². The van der Waals surface area contributed by atoms with Crippen LogP contribution in [-0.4, -0.2) is 95.3 Å². The molecular formula is C41H59N5O7. The number of carboxylic acids is 1. The van der Waals surface area contributed by atoms with Gasteiger partial charge < -0.3 is 46.3 Å². The van der Waals surface area contributed by atoms with Gasteiger partial charge in [0.15, 0.2) is 0 Å². The molecule has 0 aromatic heterocycles. The Hall–Kier alpha value is -4.17. The van der Waals surface area contributed by atoms with Gasteiger partial charge in [-0.25, -0.2) is 0 Å². The van der Waals surface area contributed by atoms with Crippen LogP contribution in [0.3, 0.4) is 0 Å². The van der Waals surface area contributed by atoms with Gasteiger partial charge in [-0.05, 0) is 63.1 Å². The van der Waals surface area contributed by atoms with E-state index in [-0.39, 0.29) is 24.0 Å². The summed E-state index contributed by atoms with van der Waals surface area (Å²) in [5, 5.41) is 8.64. The van der Waals surface area contributed by atoms with Gasteiger partial charge in [-0.1, -0.05) is 91.0 Å². The minimum Gasteiger partial charge on any atom is -0.480 e. The van der Waals surface area contributed by atoms with E-state index in [1.54, 1.807) is 6.92 Å². The van der Waals surface area contributed by atoms with Crippen LogP contribution in [0.4, 0.5) is 0 Å². The Bertz CT molecular complexity index is 1390. The van der Waals surface area contributed by atoms with Crippen LogP contribution < -0.4 is 17.2 Å². The molecule has 0 aliphatic carbocycles. The van der Waals surface area contributed by atoms with E-state index in [4.69, 9.17) is 36.5 Å². The second kappa shape index (κ2) is 23.5. The standard InChI is InChI=1S/2C15H22N2O2.C11H15NO3/c2*1-12(19-11-13-7-3-2-4-8-13)14(16)15(18)17-9-5-6-10-17;1-8(10(12)11(13)14)15-7-9-5-3-2-4-6-9/h2*2-4,7-8,12,14H,5-6,9-11,16H2,1H3;2-6,8,10H,7,12H2,1H3,(H,13,14)/t2*12-,14+;8-,10+/m111/s1. The molecule has 0 bridgehead atoms. The average molecular weight is 734 g/mol. The van der Waals surface area contributed by atoms with Crippen LogP contribution in [0, 0.1) is 0 Å². The summed E-state index contributed by atoms with van der Waals surface area (Å²) in [6.07, 6.45) is 3.29. The van der Waals surface area contributed by atoms with Crippen LogP contribution in [0.2, 0.25) is 0 Å². The first-order valence-electron chi connectivity index (χ1n) is 18.5. The number of amides is 2. The molecule has 53 heavy (non-hydrogen) atoms. The summed E-state index contributed by atoms with van der Waals surface area (Å²) in [4.78, 5) is 38.5. The third kappa shape index (κ3) is 15.4. The lowest BCUT2D eigenvalue weighted by Gasteiger charge is -2.24. The van der Waals surface area contributed by atoms with Gasteiger partial charge in [0.2, 0.25) is 11.8 Å². The van der Waals surface area contributed by atoms with E-state index < -0.39 is 30.2 Å². The van der Waals surface area contributed by atoms with Crippen molar-refractivity contribution in [3.8, 4) is 0 Å². The predicted molar refractivity (Wildman–Crippen MR) is 205 cm³/mol.